The predicted molar refractivity (Wildman–Crippen MR) is 117 cm³/mol. The molecule has 2 aromatic rings. The maximum Gasteiger partial charge on any atom is 0.252 e. The fourth-order valence-corrected chi connectivity index (χ4v) is 2.59. The molecule has 0 atom stereocenters. The molecule has 0 radical (unpaired) electrons. The Labute approximate surface area is 172 Å². The lowest BCUT2D eigenvalue weighted by atomic mass is 10.0. The second kappa shape index (κ2) is 11.5. The highest BCUT2D eigenvalue weighted by atomic mass is 16.2. The number of benzene rings is 2. The van der Waals surface area contributed by atoms with Gasteiger partial charge in [-0.15, -0.1) is 0 Å². The summed E-state index contributed by atoms with van der Waals surface area (Å²) in [5.74, 6) is -1.73. The molecule has 0 heterocycles. The van der Waals surface area contributed by atoms with Crippen LogP contribution < -0.4 is 10.9 Å². The van der Waals surface area contributed by atoms with Gasteiger partial charge in [0.15, 0.2) is 0 Å². The molecule has 0 bridgehead atoms. The largest absolute Gasteiger partial charge is 0.272 e. The van der Waals surface area contributed by atoms with E-state index in [4.69, 9.17) is 0 Å². The van der Waals surface area contributed by atoms with Crippen LogP contribution >= 0.6 is 0 Å². The Bertz CT molecular complexity index is 786. The van der Waals surface area contributed by atoms with Gasteiger partial charge in [0.05, 0.1) is 12.4 Å². The van der Waals surface area contributed by atoms with Crippen LogP contribution in [0.15, 0.2) is 58.7 Å². The Morgan fingerprint density at radius 1 is 0.828 bits per heavy atom. The smallest absolute Gasteiger partial charge is 0.252 e. The van der Waals surface area contributed by atoms with Crippen LogP contribution in [0, 0.1) is 19.8 Å². The number of aryl methyl sites for hydroxylation is 2. The Morgan fingerprint density at radius 2 is 1.24 bits per heavy atom. The van der Waals surface area contributed by atoms with Crippen molar-refractivity contribution < 1.29 is 9.59 Å². The summed E-state index contributed by atoms with van der Waals surface area (Å²) in [6, 6.07) is 15.5. The molecule has 0 saturated carbocycles. The summed E-state index contributed by atoms with van der Waals surface area (Å²) in [5.41, 5.74) is 8.97. The summed E-state index contributed by atoms with van der Waals surface area (Å²) in [5, 5.41) is 7.95. The summed E-state index contributed by atoms with van der Waals surface area (Å²) in [6.45, 7) is 6.01. The van der Waals surface area contributed by atoms with Crippen molar-refractivity contribution in [1.29, 1.82) is 0 Å². The monoisotopic (exact) mass is 392 g/mol. The van der Waals surface area contributed by atoms with Crippen molar-refractivity contribution in [2.24, 2.45) is 16.1 Å². The van der Waals surface area contributed by atoms with Crippen molar-refractivity contribution in [2.75, 3.05) is 0 Å². The van der Waals surface area contributed by atoms with Gasteiger partial charge in [-0.2, -0.15) is 10.2 Å². The van der Waals surface area contributed by atoms with E-state index in [9.17, 15) is 9.59 Å². The zero-order valence-electron chi connectivity index (χ0n) is 17.2. The van der Waals surface area contributed by atoms with Crippen molar-refractivity contribution in [1.82, 2.24) is 10.9 Å². The molecule has 6 nitrogen and oxygen atoms in total. The molecule has 0 unspecified atom stereocenters. The van der Waals surface area contributed by atoms with Gasteiger partial charge >= 0.3 is 0 Å². The lowest BCUT2D eigenvalue weighted by Gasteiger charge is -2.12. The van der Waals surface area contributed by atoms with Crippen molar-refractivity contribution in [3.8, 4) is 0 Å². The summed E-state index contributed by atoms with van der Waals surface area (Å²) in [6.07, 6.45) is 5.20. The van der Waals surface area contributed by atoms with E-state index in [1.165, 1.54) is 0 Å². The van der Waals surface area contributed by atoms with Crippen molar-refractivity contribution >= 4 is 24.2 Å². The number of hydrogen-bond acceptors (Lipinski definition) is 4. The zero-order chi connectivity index (χ0) is 21.1. The fourth-order valence-electron chi connectivity index (χ4n) is 2.59. The molecule has 0 spiro atoms. The highest BCUT2D eigenvalue weighted by molar-refractivity contribution is 6.00. The summed E-state index contributed by atoms with van der Waals surface area (Å²) in [4.78, 5) is 24.9. The molecule has 0 saturated heterocycles. The molecule has 0 aliphatic carbocycles. The van der Waals surface area contributed by atoms with E-state index < -0.39 is 17.7 Å². The SMILES string of the molecule is CCCCC(C(=O)NN=Cc1ccc(C)cc1)C(=O)NN=Cc1ccc(C)cc1. The van der Waals surface area contributed by atoms with Crippen LogP contribution in [-0.2, 0) is 9.59 Å². The van der Waals surface area contributed by atoms with E-state index in [0.717, 1.165) is 35.1 Å². The number of carbonyl (C=O) groups excluding carboxylic acids is 2. The number of hydrogen-bond donors (Lipinski definition) is 2. The minimum Gasteiger partial charge on any atom is -0.272 e. The van der Waals surface area contributed by atoms with Gasteiger partial charge in [0, 0.05) is 0 Å². The zero-order valence-corrected chi connectivity index (χ0v) is 17.2. The Balaban J connectivity index is 1.94. The van der Waals surface area contributed by atoms with Crippen molar-refractivity contribution in [3.05, 3.63) is 70.8 Å². The fraction of sp³-hybridized carbons (Fsp3) is 0.304. The van der Waals surface area contributed by atoms with Crippen LogP contribution in [0.4, 0.5) is 0 Å². The Kier molecular flexibility index (Phi) is 8.76. The first-order valence-electron chi connectivity index (χ1n) is 9.78. The highest BCUT2D eigenvalue weighted by Crippen LogP contribution is 2.10. The Morgan fingerprint density at radius 3 is 1.62 bits per heavy atom. The van der Waals surface area contributed by atoms with Gasteiger partial charge in [-0.3, -0.25) is 9.59 Å². The van der Waals surface area contributed by atoms with Crippen LogP contribution in [0.2, 0.25) is 0 Å². The third-order valence-corrected chi connectivity index (χ3v) is 4.41. The molecule has 2 amide bonds. The molecule has 29 heavy (non-hydrogen) atoms. The number of rotatable bonds is 9. The molecule has 0 aromatic heterocycles. The molecule has 2 rings (SSSR count). The van der Waals surface area contributed by atoms with Gasteiger partial charge in [-0.1, -0.05) is 79.4 Å². The minimum absolute atomic E-state index is 0.439. The van der Waals surface area contributed by atoms with Crippen molar-refractivity contribution in [3.63, 3.8) is 0 Å². The van der Waals surface area contributed by atoms with Gasteiger partial charge in [0.2, 0.25) is 0 Å². The van der Waals surface area contributed by atoms with Gasteiger partial charge in [0.25, 0.3) is 11.8 Å². The van der Waals surface area contributed by atoms with E-state index in [-0.39, 0.29) is 0 Å². The lowest BCUT2D eigenvalue weighted by molar-refractivity contribution is -0.135. The summed E-state index contributed by atoms with van der Waals surface area (Å²) < 4.78 is 0. The van der Waals surface area contributed by atoms with Crippen LogP contribution in [0.5, 0.6) is 0 Å². The maximum atomic E-state index is 12.5. The van der Waals surface area contributed by atoms with Crippen LogP contribution in [0.25, 0.3) is 0 Å². The summed E-state index contributed by atoms with van der Waals surface area (Å²) >= 11 is 0. The molecule has 0 fully saturated rings. The van der Waals surface area contributed by atoms with Gasteiger partial charge < -0.3 is 0 Å². The van der Waals surface area contributed by atoms with E-state index in [0.29, 0.717) is 6.42 Å². The van der Waals surface area contributed by atoms with E-state index in [1.54, 1.807) is 12.4 Å². The van der Waals surface area contributed by atoms with Crippen LogP contribution in [0.3, 0.4) is 0 Å². The molecule has 0 aliphatic heterocycles. The van der Waals surface area contributed by atoms with Gasteiger partial charge in [-0.25, -0.2) is 10.9 Å². The topological polar surface area (TPSA) is 82.9 Å². The standard InChI is InChI=1S/C23H28N4O2/c1-4-5-6-21(22(28)26-24-15-19-11-7-17(2)8-12-19)23(29)27-25-16-20-13-9-18(3)10-14-20/h7-16,21H,4-6H2,1-3H3,(H,26,28)(H,27,29). The lowest BCUT2D eigenvalue weighted by Crippen LogP contribution is -2.38. The first-order valence-corrected chi connectivity index (χ1v) is 9.78. The Hall–Kier alpha value is -3.28. The average molecular weight is 393 g/mol. The number of hydrazone groups is 2. The number of unbranched alkanes of at least 4 members (excludes halogenated alkanes) is 1. The molecular formula is C23H28N4O2. The van der Waals surface area contributed by atoms with Crippen LogP contribution in [-0.4, -0.2) is 24.2 Å². The molecule has 152 valence electrons. The molecule has 0 aliphatic rings. The van der Waals surface area contributed by atoms with Gasteiger partial charge in [0.1, 0.15) is 5.92 Å². The summed E-state index contributed by atoms with van der Waals surface area (Å²) in [7, 11) is 0. The minimum atomic E-state index is -0.847. The van der Waals surface area contributed by atoms with E-state index in [1.807, 2.05) is 69.3 Å². The second-order valence-corrected chi connectivity index (χ2v) is 6.98. The predicted octanol–water partition coefficient (Wildman–Crippen LogP) is 3.71. The third-order valence-electron chi connectivity index (χ3n) is 4.41. The average Bonchev–Trinajstić information content (AvgIpc) is 2.71. The number of carbonyl (C=O) groups is 2. The molecular weight excluding hydrogens is 364 g/mol. The second-order valence-electron chi connectivity index (χ2n) is 6.98. The maximum absolute atomic E-state index is 12.5. The number of amides is 2. The van der Waals surface area contributed by atoms with Crippen molar-refractivity contribution in [2.45, 2.75) is 40.0 Å². The molecule has 2 aromatic carbocycles. The quantitative estimate of drug-likeness (QED) is 0.387. The molecule has 2 N–H and O–H groups in total. The number of nitrogens with one attached hydrogen (secondary N) is 2. The normalized spacial score (nSPS) is 12.2. The first-order chi connectivity index (χ1) is 14.0. The first kappa shape index (κ1) is 22.0. The molecule has 6 heteroatoms. The number of nitrogens with zero attached hydrogens (tertiary/aromatic N) is 2. The van der Waals surface area contributed by atoms with Crippen LogP contribution in [0.1, 0.15) is 48.4 Å². The van der Waals surface area contributed by atoms with E-state index >= 15 is 0 Å². The highest BCUT2D eigenvalue weighted by Gasteiger charge is 2.25. The van der Waals surface area contributed by atoms with Gasteiger partial charge in [-0.05, 0) is 31.4 Å². The third kappa shape index (κ3) is 7.70. The van der Waals surface area contributed by atoms with E-state index in [2.05, 4.69) is 21.1 Å².